The van der Waals surface area contributed by atoms with Crippen LogP contribution in [-0.4, -0.2) is 31.4 Å². The minimum absolute atomic E-state index is 0.0839. The van der Waals surface area contributed by atoms with Gasteiger partial charge in [-0.15, -0.1) is 10.2 Å². The van der Waals surface area contributed by atoms with E-state index in [0.29, 0.717) is 16.9 Å². The molecule has 0 bridgehead atoms. The maximum absolute atomic E-state index is 12.6. The molecule has 2 aromatic carbocycles. The van der Waals surface area contributed by atoms with Crippen molar-refractivity contribution < 1.29 is 4.79 Å². The lowest BCUT2D eigenvalue weighted by Crippen LogP contribution is -2.14. The van der Waals surface area contributed by atoms with E-state index >= 15 is 0 Å². The number of nitrogens with zero attached hydrogens (tertiary/aromatic N) is 4. The summed E-state index contributed by atoms with van der Waals surface area (Å²) in [6, 6.07) is 21.7. The number of rotatable bonds is 8. The summed E-state index contributed by atoms with van der Waals surface area (Å²) in [5.74, 6) is 1.37. The summed E-state index contributed by atoms with van der Waals surface area (Å²) >= 11 is 1.36. The van der Waals surface area contributed by atoms with Crippen molar-refractivity contribution in [2.75, 3.05) is 11.1 Å². The van der Waals surface area contributed by atoms with Gasteiger partial charge in [-0.2, -0.15) is 0 Å². The van der Waals surface area contributed by atoms with E-state index in [0.717, 1.165) is 23.4 Å². The molecule has 0 saturated heterocycles. The van der Waals surface area contributed by atoms with Crippen molar-refractivity contribution in [3.05, 3.63) is 84.7 Å². The van der Waals surface area contributed by atoms with Gasteiger partial charge in [-0.25, -0.2) is 0 Å². The van der Waals surface area contributed by atoms with E-state index in [4.69, 9.17) is 0 Å². The standard InChI is InChI=1S/C25H25N5OS/c1-3-18(2)19-9-11-21(12-10-19)27-23(31)17-32-25-29-28-24(20-13-15-26-16-14-20)30(25)22-7-5-4-6-8-22/h4-16,18H,3,17H2,1-2H3,(H,27,31). The van der Waals surface area contributed by atoms with E-state index < -0.39 is 0 Å². The number of carbonyl (C=O) groups is 1. The van der Waals surface area contributed by atoms with Crippen LogP contribution in [0.25, 0.3) is 17.1 Å². The smallest absolute Gasteiger partial charge is 0.234 e. The van der Waals surface area contributed by atoms with Crippen molar-refractivity contribution in [1.82, 2.24) is 19.7 Å². The molecular formula is C25H25N5OS. The zero-order valence-electron chi connectivity index (χ0n) is 18.1. The van der Waals surface area contributed by atoms with Crippen LogP contribution in [0.3, 0.4) is 0 Å². The molecule has 1 atom stereocenters. The quantitative estimate of drug-likeness (QED) is 0.360. The minimum atomic E-state index is -0.0839. The Kier molecular flexibility index (Phi) is 6.97. The molecule has 0 aliphatic heterocycles. The molecule has 0 aliphatic carbocycles. The molecule has 1 amide bonds. The maximum atomic E-state index is 12.6. The highest BCUT2D eigenvalue weighted by Gasteiger charge is 2.17. The van der Waals surface area contributed by atoms with Gasteiger partial charge in [0, 0.05) is 29.3 Å². The van der Waals surface area contributed by atoms with Gasteiger partial charge in [0.2, 0.25) is 5.91 Å². The van der Waals surface area contributed by atoms with Crippen LogP contribution in [0.1, 0.15) is 31.7 Å². The molecule has 2 heterocycles. The second kappa shape index (κ2) is 10.2. The highest BCUT2D eigenvalue weighted by Crippen LogP contribution is 2.28. The minimum Gasteiger partial charge on any atom is -0.325 e. The fourth-order valence-corrected chi connectivity index (χ4v) is 4.07. The van der Waals surface area contributed by atoms with Crippen LogP contribution >= 0.6 is 11.8 Å². The second-order valence-electron chi connectivity index (χ2n) is 7.48. The number of nitrogens with one attached hydrogen (secondary N) is 1. The molecule has 1 N–H and O–H groups in total. The predicted octanol–water partition coefficient (Wildman–Crippen LogP) is 5.57. The fraction of sp³-hybridized carbons (Fsp3) is 0.200. The van der Waals surface area contributed by atoms with Crippen molar-refractivity contribution >= 4 is 23.4 Å². The molecule has 0 saturated carbocycles. The molecule has 0 spiro atoms. The maximum Gasteiger partial charge on any atom is 0.234 e. The van der Waals surface area contributed by atoms with Gasteiger partial charge in [0.15, 0.2) is 11.0 Å². The number of hydrogen-bond donors (Lipinski definition) is 1. The predicted molar refractivity (Wildman–Crippen MR) is 129 cm³/mol. The molecule has 4 aromatic rings. The second-order valence-corrected chi connectivity index (χ2v) is 8.42. The molecule has 162 valence electrons. The summed E-state index contributed by atoms with van der Waals surface area (Å²) in [5, 5.41) is 12.4. The van der Waals surface area contributed by atoms with Crippen LogP contribution in [0, 0.1) is 0 Å². The Hall–Kier alpha value is -3.45. The van der Waals surface area contributed by atoms with E-state index in [1.54, 1.807) is 12.4 Å². The summed E-state index contributed by atoms with van der Waals surface area (Å²) < 4.78 is 1.97. The summed E-state index contributed by atoms with van der Waals surface area (Å²) in [6.45, 7) is 4.37. The Balaban J connectivity index is 1.50. The number of para-hydroxylation sites is 1. The van der Waals surface area contributed by atoms with E-state index in [9.17, 15) is 4.79 Å². The number of anilines is 1. The molecule has 0 radical (unpaired) electrons. The molecule has 7 heteroatoms. The molecule has 32 heavy (non-hydrogen) atoms. The normalized spacial score (nSPS) is 11.8. The van der Waals surface area contributed by atoms with Gasteiger partial charge >= 0.3 is 0 Å². The third kappa shape index (κ3) is 5.06. The molecular weight excluding hydrogens is 418 g/mol. The third-order valence-electron chi connectivity index (χ3n) is 5.29. The van der Waals surface area contributed by atoms with Gasteiger partial charge in [-0.05, 0) is 54.3 Å². The van der Waals surface area contributed by atoms with E-state index in [1.807, 2.05) is 59.2 Å². The topological polar surface area (TPSA) is 72.7 Å². The van der Waals surface area contributed by atoms with Crippen LogP contribution in [0.5, 0.6) is 0 Å². The average Bonchev–Trinajstić information content (AvgIpc) is 3.28. The Morgan fingerprint density at radius 2 is 1.72 bits per heavy atom. The van der Waals surface area contributed by atoms with Crippen LogP contribution in [0.4, 0.5) is 5.69 Å². The summed E-state index contributed by atoms with van der Waals surface area (Å²) in [7, 11) is 0. The first-order chi connectivity index (χ1) is 15.7. The zero-order chi connectivity index (χ0) is 22.3. The fourth-order valence-electron chi connectivity index (χ4n) is 3.32. The number of pyridine rings is 1. The van der Waals surface area contributed by atoms with Crippen molar-refractivity contribution in [3.8, 4) is 17.1 Å². The zero-order valence-corrected chi connectivity index (χ0v) is 18.9. The lowest BCUT2D eigenvalue weighted by Gasteiger charge is -2.11. The number of carbonyl (C=O) groups excluding carboxylic acids is 1. The summed E-state index contributed by atoms with van der Waals surface area (Å²) in [4.78, 5) is 16.7. The average molecular weight is 444 g/mol. The first-order valence-electron chi connectivity index (χ1n) is 10.6. The van der Waals surface area contributed by atoms with Gasteiger partial charge in [-0.3, -0.25) is 14.3 Å². The Morgan fingerprint density at radius 3 is 2.41 bits per heavy atom. The summed E-state index contributed by atoms with van der Waals surface area (Å²) in [5.41, 5.74) is 3.92. The highest BCUT2D eigenvalue weighted by atomic mass is 32.2. The molecule has 4 rings (SSSR count). The number of benzene rings is 2. The number of aromatic nitrogens is 4. The van der Waals surface area contributed by atoms with E-state index in [-0.39, 0.29) is 11.7 Å². The van der Waals surface area contributed by atoms with Crippen molar-refractivity contribution in [1.29, 1.82) is 0 Å². The number of amides is 1. The van der Waals surface area contributed by atoms with Crippen molar-refractivity contribution in [2.45, 2.75) is 31.3 Å². The van der Waals surface area contributed by atoms with Gasteiger partial charge in [0.05, 0.1) is 5.75 Å². The van der Waals surface area contributed by atoms with Gasteiger partial charge in [0.1, 0.15) is 0 Å². The van der Waals surface area contributed by atoms with Crippen molar-refractivity contribution in [2.24, 2.45) is 0 Å². The van der Waals surface area contributed by atoms with Gasteiger partial charge in [0.25, 0.3) is 0 Å². The van der Waals surface area contributed by atoms with Crippen LogP contribution in [-0.2, 0) is 4.79 Å². The first kappa shape index (κ1) is 21.8. The molecule has 1 unspecified atom stereocenters. The first-order valence-corrected chi connectivity index (χ1v) is 11.6. The van der Waals surface area contributed by atoms with Crippen LogP contribution < -0.4 is 5.32 Å². The Labute approximate surface area is 192 Å². The monoisotopic (exact) mass is 443 g/mol. The molecule has 6 nitrogen and oxygen atoms in total. The lowest BCUT2D eigenvalue weighted by atomic mass is 9.99. The number of thioether (sulfide) groups is 1. The van der Waals surface area contributed by atoms with E-state index in [2.05, 4.69) is 46.5 Å². The SMILES string of the molecule is CCC(C)c1ccc(NC(=O)CSc2nnc(-c3ccncc3)n2-c2ccccc2)cc1. The van der Waals surface area contributed by atoms with Gasteiger partial charge < -0.3 is 5.32 Å². The van der Waals surface area contributed by atoms with Gasteiger partial charge in [-0.1, -0.05) is 55.9 Å². The van der Waals surface area contributed by atoms with Crippen molar-refractivity contribution in [3.63, 3.8) is 0 Å². The molecule has 2 aromatic heterocycles. The third-order valence-corrected chi connectivity index (χ3v) is 6.22. The van der Waals surface area contributed by atoms with E-state index in [1.165, 1.54) is 17.3 Å². The number of hydrogen-bond acceptors (Lipinski definition) is 5. The Bertz CT molecular complexity index is 1160. The Morgan fingerprint density at radius 1 is 1.00 bits per heavy atom. The summed E-state index contributed by atoms with van der Waals surface area (Å²) in [6.07, 6.45) is 4.55. The van der Waals surface area contributed by atoms with Crippen LogP contribution in [0.2, 0.25) is 0 Å². The molecule has 0 fully saturated rings. The highest BCUT2D eigenvalue weighted by molar-refractivity contribution is 7.99. The lowest BCUT2D eigenvalue weighted by molar-refractivity contribution is -0.113. The largest absolute Gasteiger partial charge is 0.325 e. The van der Waals surface area contributed by atoms with Crippen LogP contribution in [0.15, 0.2) is 84.3 Å². The molecule has 0 aliphatic rings.